The molecule has 0 unspecified atom stereocenters. The molecule has 0 bridgehead atoms. The van der Waals surface area contributed by atoms with Crippen LogP contribution in [0.25, 0.3) is 6.08 Å². The van der Waals surface area contributed by atoms with E-state index in [0.29, 0.717) is 36.8 Å². The number of morpholine rings is 1. The molecule has 35 heavy (non-hydrogen) atoms. The average Bonchev–Trinajstić information content (AvgIpc) is 2.89. The first-order valence-corrected chi connectivity index (χ1v) is 12.0. The number of nitrogens with zero attached hydrogens (tertiary/aromatic N) is 1. The molecular weight excluding hydrogens is 454 g/mol. The van der Waals surface area contributed by atoms with Crippen molar-refractivity contribution < 1.29 is 33.3 Å². The number of hydrogen-bond acceptors (Lipinski definition) is 8. The summed E-state index contributed by atoms with van der Waals surface area (Å²) < 4.78 is 21.1. The van der Waals surface area contributed by atoms with Crippen molar-refractivity contribution in [2.24, 2.45) is 5.73 Å². The molecule has 1 aliphatic carbocycles. The number of nitrogens with one attached hydrogen (secondary N) is 1. The van der Waals surface area contributed by atoms with Gasteiger partial charge in [0.25, 0.3) is 11.8 Å². The number of ether oxygens (including phenoxy) is 4. The van der Waals surface area contributed by atoms with Crippen LogP contribution in [0.3, 0.4) is 0 Å². The van der Waals surface area contributed by atoms with Crippen LogP contribution in [-0.4, -0.2) is 81.4 Å². The number of carbonyl (C=O) groups excluding carboxylic acids is 3. The Morgan fingerprint density at radius 1 is 1.11 bits per heavy atom. The predicted octanol–water partition coefficient (Wildman–Crippen LogP) is 1.27. The predicted molar refractivity (Wildman–Crippen MR) is 129 cm³/mol. The van der Waals surface area contributed by atoms with Crippen LogP contribution >= 0.6 is 0 Å². The monoisotopic (exact) mass is 489 g/mol. The number of amides is 2. The Bertz CT molecular complexity index is 906. The number of hydrogen-bond donors (Lipinski definition) is 2. The second-order valence-corrected chi connectivity index (χ2v) is 8.77. The SMILES string of the molecule is COc1cc(/C=C/C(=O)OCC(=O)NCC2(N3CCOCC3)CCCCC2)ccc1OCC(N)=O. The highest BCUT2D eigenvalue weighted by molar-refractivity contribution is 5.89. The summed E-state index contributed by atoms with van der Waals surface area (Å²) in [4.78, 5) is 37.9. The van der Waals surface area contributed by atoms with E-state index >= 15 is 0 Å². The van der Waals surface area contributed by atoms with Gasteiger partial charge < -0.3 is 30.0 Å². The molecule has 0 aromatic heterocycles. The number of methoxy groups -OCH3 is 1. The molecule has 0 spiro atoms. The molecule has 1 heterocycles. The first kappa shape index (κ1) is 26.5. The fourth-order valence-corrected chi connectivity index (χ4v) is 4.57. The Hall–Kier alpha value is -3.11. The third-order valence-electron chi connectivity index (χ3n) is 6.40. The molecule has 10 nitrogen and oxygen atoms in total. The molecular formula is C25H35N3O7. The number of nitrogens with two attached hydrogens (primary N) is 1. The third kappa shape index (κ3) is 7.97. The number of primary amides is 1. The molecule has 1 aromatic carbocycles. The fraction of sp³-hybridized carbons (Fsp3) is 0.560. The third-order valence-corrected chi connectivity index (χ3v) is 6.40. The standard InChI is InChI=1S/C25H35N3O7/c1-32-21-15-19(5-7-20(21)34-16-22(26)29)6-8-24(31)35-17-23(30)27-18-25(9-3-2-4-10-25)28-11-13-33-14-12-28/h5-8,15H,2-4,9-14,16-18H2,1H3,(H2,26,29)(H,27,30)/b8-6+. The van der Waals surface area contributed by atoms with E-state index in [2.05, 4.69) is 10.2 Å². The van der Waals surface area contributed by atoms with E-state index in [4.69, 9.17) is 24.7 Å². The van der Waals surface area contributed by atoms with Crippen molar-refractivity contribution in [3.63, 3.8) is 0 Å². The minimum atomic E-state index is -0.631. The average molecular weight is 490 g/mol. The Labute approximate surface area is 205 Å². The van der Waals surface area contributed by atoms with Gasteiger partial charge in [0.15, 0.2) is 24.7 Å². The number of benzene rings is 1. The summed E-state index contributed by atoms with van der Waals surface area (Å²) in [5.74, 6) is -0.803. The normalized spacial score (nSPS) is 18.1. The molecule has 1 saturated carbocycles. The molecule has 0 radical (unpaired) electrons. The van der Waals surface area contributed by atoms with Gasteiger partial charge in [-0.2, -0.15) is 0 Å². The minimum Gasteiger partial charge on any atom is -0.493 e. The van der Waals surface area contributed by atoms with Gasteiger partial charge in [0.1, 0.15) is 0 Å². The fourth-order valence-electron chi connectivity index (χ4n) is 4.57. The van der Waals surface area contributed by atoms with E-state index < -0.39 is 11.9 Å². The summed E-state index contributed by atoms with van der Waals surface area (Å²) in [6.45, 7) is 3.11. The van der Waals surface area contributed by atoms with Crippen molar-refractivity contribution in [3.8, 4) is 11.5 Å². The second-order valence-electron chi connectivity index (χ2n) is 8.77. The van der Waals surface area contributed by atoms with Crippen LogP contribution in [0, 0.1) is 0 Å². The van der Waals surface area contributed by atoms with Crippen molar-refractivity contribution in [1.82, 2.24) is 10.2 Å². The van der Waals surface area contributed by atoms with Gasteiger partial charge in [0.05, 0.1) is 20.3 Å². The lowest BCUT2D eigenvalue weighted by molar-refractivity contribution is -0.144. The minimum absolute atomic E-state index is 0.0476. The van der Waals surface area contributed by atoms with Crippen molar-refractivity contribution >= 4 is 23.9 Å². The summed E-state index contributed by atoms with van der Waals surface area (Å²) in [5, 5.41) is 2.97. The summed E-state index contributed by atoms with van der Waals surface area (Å²) >= 11 is 0. The van der Waals surface area contributed by atoms with Crippen molar-refractivity contribution in [1.29, 1.82) is 0 Å². The lowest BCUT2D eigenvalue weighted by atomic mass is 9.79. The maximum atomic E-state index is 12.4. The highest BCUT2D eigenvalue weighted by Crippen LogP contribution is 2.34. The van der Waals surface area contributed by atoms with Gasteiger partial charge in [-0.15, -0.1) is 0 Å². The van der Waals surface area contributed by atoms with Gasteiger partial charge in [-0.3, -0.25) is 14.5 Å². The van der Waals surface area contributed by atoms with Crippen molar-refractivity contribution in [2.75, 3.05) is 53.2 Å². The van der Waals surface area contributed by atoms with Gasteiger partial charge in [0.2, 0.25) is 0 Å². The van der Waals surface area contributed by atoms with Gasteiger partial charge in [-0.1, -0.05) is 25.3 Å². The number of carbonyl (C=O) groups is 3. The van der Waals surface area contributed by atoms with Gasteiger partial charge >= 0.3 is 5.97 Å². The Balaban J connectivity index is 1.47. The molecule has 0 atom stereocenters. The molecule has 2 aliphatic rings. The Morgan fingerprint density at radius 2 is 1.86 bits per heavy atom. The molecule has 2 amide bonds. The molecule has 1 saturated heterocycles. The zero-order valence-corrected chi connectivity index (χ0v) is 20.3. The summed E-state index contributed by atoms with van der Waals surface area (Å²) in [6.07, 6.45) is 8.39. The molecule has 1 aliphatic heterocycles. The molecule has 10 heteroatoms. The molecule has 3 rings (SSSR count). The van der Waals surface area contributed by atoms with Crippen molar-refractivity contribution in [3.05, 3.63) is 29.8 Å². The van der Waals surface area contributed by atoms with Gasteiger partial charge in [0, 0.05) is 31.2 Å². The van der Waals surface area contributed by atoms with Crippen LogP contribution < -0.4 is 20.5 Å². The first-order chi connectivity index (χ1) is 16.9. The summed E-state index contributed by atoms with van der Waals surface area (Å²) in [5.41, 5.74) is 5.69. The molecule has 1 aromatic rings. The zero-order chi connectivity index (χ0) is 25.1. The number of esters is 1. The van der Waals surface area contributed by atoms with E-state index in [0.717, 1.165) is 38.8 Å². The lowest BCUT2D eigenvalue weighted by Crippen LogP contribution is -2.59. The van der Waals surface area contributed by atoms with E-state index in [1.807, 2.05) is 0 Å². The van der Waals surface area contributed by atoms with E-state index in [1.54, 1.807) is 18.2 Å². The maximum Gasteiger partial charge on any atom is 0.331 e. The van der Waals surface area contributed by atoms with Crippen LogP contribution in [0.15, 0.2) is 24.3 Å². The van der Waals surface area contributed by atoms with Crippen molar-refractivity contribution in [2.45, 2.75) is 37.6 Å². The van der Waals surface area contributed by atoms with Gasteiger partial charge in [-0.25, -0.2) is 4.79 Å². The van der Waals surface area contributed by atoms with E-state index in [-0.39, 0.29) is 24.7 Å². The smallest absolute Gasteiger partial charge is 0.331 e. The highest BCUT2D eigenvalue weighted by Gasteiger charge is 2.38. The van der Waals surface area contributed by atoms with E-state index in [1.165, 1.54) is 25.7 Å². The molecule has 192 valence electrons. The van der Waals surface area contributed by atoms with Crippen LogP contribution in [0.1, 0.15) is 37.7 Å². The highest BCUT2D eigenvalue weighted by atomic mass is 16.5. The quantitative estimate of drug-likeness (QED) is 0.351. The Morgan fingerprint density at radius 3 is 2.54 bits per heavy atom. The van der Waals surface area contributed by atoms with Crippen LogP contribution in [0.2, 0.25) is 0 Å². The van der Waals surface area contributed by atoms with Crippen LogP contribution in [-0.2, 0) is 23.9 Å². The summed E-state index contributed by atoms with van der Waals surface area (Å²) in [6, 6.07) is 4.93. The van der Waals surface area contributed by atoms with Crippen LogP contribution in [0.4, 0.5) is 0 Å². The maximum absolute atomic E-state index is 12.4. The topological polar surface area (TPSA) is 129 Å². The molecule has 2 fully saturated rings. The number of rotatable bonds is 11. The largest absolute Gasteiger partial charge is 0.493 e. The first-order valence-electron chi connectivity index (χ1n) is 12.0. The summed E-state index contributed by atoms with van der Waals surface area (Å²) in [7, 11) is 1.46. The second kappa shape index (κ2) is 13.1. The van der Waals surface area contributed by atoms with Crippen LogP contribution in [0.5, 0.6) is 11.5 Å². The lowest BCUT2D eigenvalue weighted by Gasteiger charge is -2.48. The van der Waals surface area contributed by atoms with E-state index in [9.17, 15) is 14.4 Å². The Kier molecular flexibility index (Phi) is 9.92. The molecule has 3 N–H and O–H groups in total. The van der Waals surface area contributed by atoms with Gasteiger partial charge in [-0.05, 0) is 36.6 Å². The zero-order valence-electron chi connectivity index (χ0n) is 20.3.